The van der Waals surface area contributed by atoms with Gasteiger partial charge in [0.05, 0.1) is 24.1 Å². The van der Waals surface area contributed by atoms with Crippen molar-refractivity contribution in [3.63, 3.8) is 0 Å². The second-order valence-corrected chi connectivity index (χ2v) is 8.90. The maximum absolute atomic E-state index is 12.8. The molecule has 1 aromatic carbocycles. The number of hydrogen-bond donors (Lipinski definition) is 1. The second-order valence-electron chi connectivity index (χ2n) is 7.90. The number of anilines is 1. The van der Waals surface area contributed by atoms with Crippen molar-refractivity contribution in [1.82, 2.24) is 15.3 Å². The predicted molar refractivity (Wildman–Crippen MR) is 132 cm³/mol. The monoisotopic (exact) mass is 492 g/mol. The number of aryl methyl sites for hydroxylation is 3. The number of nitrogens with zero attached hydrogens (tertiary/aromatic N) is 3. The van der Waals surface area contributed by atoms with Crippen LogP contribution in [0.2, 0.25) is 0 Å². The number of hydrogen-bond acceptors (Lipinski definition) is 8. The number of rotatable bonds is 7. The zero-order valence-electron chi connectivity index (χ0n) is 19.7. The van der Waals surface area contributed by atoms with E-state index in [9.17, 15) is 14.4 Å². The van der Waals surface area contributed by atoms with Gasteiger partial charge in [-0.2, -0.15) is 0 Å². The van der Waals surface area contributed by atoms with Crippen molar-refractivity contribution in [2.75, 3.05) is 18.6 Å². The molecular formula is C25H24N4O5S. The Morgan fingerprint density at radius 1 is 1.09 bits per heavy atom. The Kier molecular flexibility index (Phi) is 6.92. The van der Waals surface area contributed by atoms with Gasteiger partial charge in [-0.1, -0.05) is 12.1 Å². The predicted octanol–water partition coefficient (Wildman–Crippen LogP) is 3.96. The Balaban J connectivity index is 1.44. The number of fused-ring (bicyclic) bond motifs is 1. The maximum Gasteiger partial charge on any atom is 0.349 e. The molecule has 4 aromatic rings. The Morgan fingerprint density at radius 3 is 2.60 bits per heavy atom. The van der Waals surface area contributed by atoms with Crippen LogP contribution in [0.25, 0.3) is 10.2 Å². The smallest absolute Gasteiger partial charge is 0.349 e. The van der Waals surface area contributed by atoms with E-state index < -0.39 is 18.5 Å². The summed E-state index contributed by atoms with van der Waals surface area (Å²) in [5, 5.41) is 3.59. The molecule has 35 heavy (non-hydrogen) atoms. The molecule has 0 saturated carbocycles. The molecule has 0 spiro atoms. The average molecular weight is 493 g/mol. The number of carbonyl (C=O) groups excluding carboxylic acids is 3. The highest BCUT2D eigenvalue weighted by atomic mass is 32.1. The number of para-hydroxylation sites is 1. The summed E-state index contributed by atoms with van der Waals surface area (Å²) in [6.45, 7) is 5.21. The zero-order valence-corrected chi connectivity index (χ0v) is 20.6. The molecule has 3 heterocycles. The van der Waals surface area contributed by atoms with E-state index in [0.29, 0.717) is 32.5 Å². The van der Waals surface area contributed by atoms with Gasteiger partial charge in [0.1, 0.15) is 21.3 Å². The first kappa shape index (κ1) is 24.1. The van der Waals surface area contributed by atoms with Crippen LogP contribution in [0, 0.1) is 20.8 Å². The first-order valence-corrected chi connectivity index (χ1v) is 11.7. The minimum atomic E-state index is -0.603. The molecule has 3 aromatic heterocycles. The molecule has 0 bridgehead atoms. The first-order valence-electron chi connectivity index (χ1n) is 10.8. The van der Waals surface area contributed by atoms with E-state index in [0.717, 1.165) is 16.6 Å². The van der Waals surface area contributed by atoms with Crippen molar-refractivity contribution >= 4 is 45.0 Å². The van der Waals surface area contributed by atoms with E-state index >= 15 is 0 Å². The molecule has 0 aliphatic heterocycles. The van der Waals surface area contributed by atoms with Crippen LogP contribution in [0.3, 0.4) is 0 Å². The molecule has 0 radical (unpaired) electrons. The van der Waals surface area contributed by atoms with E-state index in [2.05, 4.69) is 15.3 Å². The molecule has 0 atom stereocenters. The number of furan rings is 1. The lowest BCUT2D eigenvalue weighted by molar-refractivity contribution is -0.121. The molecule has 0 fully saturated rings. The molecule has 9 nitrogen and oxygen atoms in total. The van der Waals surface area contributed by atoms with Crippen LogP contribution < -0.4 is 10.2 Å². The van der Waals surface area contributed by atoms with Gasteiger partial charge in [-0.25, -0.2) is 14.8 Å². The van der Waals surface area contributed by atoms with E-state index in [1.54, 1.807) is 43.3 Å². The van der Waals surface area contributed by atoms with Crippen molar-refractivity contribution < 1.29 is 23.5 Å². The molecule has 0 unspecified atom stereocenters. The third-order valence-electron chi connectivity index (χ3n) is 5.48. The van der Waals surface area contributed by atoms with Gasteiger partial charge in [0, 0.05) is 18.1 Å². The van der Waals surface area contributed by atoms with Gasteiger partial charge in [-0.3, -0.25) is 9.59 Å². The van der Waals surface area contributed by atoms with Crippen LogP contribution in [0.4, 0.5) is 5.69 Å². The van der Waals surface area contributed by atoms with Crippen LogP contribution >= 0.6 is 11.3 Å². The molecule has 1 N–H and O–H groups in total. The Bertz CT molecular complexity index is 1410. The topological polar surface area (TPSA) is 115 Å². The summed E-state index contributed by atoms with van der Waals surface area (Å²) in [5.41, 5.74) is 2.22. The number of aromatic nitrogens is 2. The summed E-state index contributed by atoms with van der Waals surface area (Å²) in [6.07, 6.45) is 1.53. The van der Waals surface area contributed by atoms with Crippen LogP contribution in [0.1, 0.15) is 42.9 Å². The van der Waals surface area contributed by atoms with E-state index in [4.69, 9.17) is 9.15 Å². The Morgan fingerprint density at radius 2 is 1.86 bits per heavy atom. The summed E-state index contributed by atoms with van der Waals surface area (Å²) < 4.78 is 10.6. The van der Waals surface area contributed by atoms with Gasteiger partial charge in [0.25, 0.3) is 11.8 Å². The van der Waals surface area contributed by atoms with Crippen LogP contribution in [0.15, 0.2) is 47.1 Å². The summed E-state index contributed by atoms with van der Waals surface area (Å²) in [4.78, 5) is 49.5. The van der Waals surface area contributed by atoms with Crippen LogP contribution in [-0.4, -0.2) is 41.4 Å². The van der Waals surface area contributed by atoms with Gasteiger partial charge >= 0.3 is 5.97 Å². The maximum atomic E-state index is 12.8. The Labute approximate surface area is 205 Å². The fraction of sp³-hybridized carbons (Fsp3) is 0.240. The van der Waals surface area contributed by atoms with Crippen molar-refractivity contribution in [1.29, 1.82) is 0 Å². The minimum Gasteiger partial charge on any atom is -0.467 e. The number of likely N-dealkylation sites (N-methyl/N-ethyl adjacent to an activating group) is 1. The number of thiophene rings is 1. The summed E-state index contributed by atoms with van der Waals surface area (Å²) in [5.74, 6) is -0.204. The summed E-state index contributed by atoms with van der Waals surface area (Å²) in [7, 11) is 1.53. The van der Waals surface area contributed by atoms with Crippen LogP contribution in [-0.2, 0) is 16.1 Å². The van der Waals surface area contributed by atoms with Crippen molar-refractivity contribution in [2.45, 2.75) is 27.3 Å². The zero-order chi connectivity index (χ0) is 25.1. The Hall–Kier alpha value is -4.05. The molecule has 0 saturated heterocycles. The number of carbonyl (C=O) groups is 3. The molecule has 2 amide bonds. The third kappa shape index (κ3) is 5.07. The van der Waals surface area contributed by atoms with E-state index in [1.807, 2.05) is 13.8 Å². The highest BCUT2D eigenvalue weighted by Gasteiger charge is 2.23. The normalized spacial score (nSPS) is 10.9. The first-order chi connectivity index (χ1) is 16.8. The van der Waals surface area contributed by atoms with E-state index in [-0.39, 0.29) is 12.5 Å². The van der Waals surface area contributed by atoms with E-state index in [1.165, 1.54) is 29.5 Å². The third-order valence-corrected chi connectivity index (χ3v) is 6.65. The van der Waals surface area contributed by atoms with Gasteiger partial charge < -0.3 is 19.4 Å². The number of nitrogens with one attached hydrogen (secondary N) is 1. The number of ether oxygens (including phenoxy) is 1. The molecule has 4 rings (SSSR count). The average Bonchev–Trinajstić information content (AvgIpc) is 3.48. The number of amides is 2. The van der Waals surface area contributed by atoms with Crippen molar-refractivity contribution in [3.8, 4) is 0 Å². The minimum absolute atomic E-state index is 0.216. The number of benzene rings is 1. The standard InChI is InChI=1S/C25H24N4O5S/c1-14-21-15(2)27-16(3)28-24(21)35-22(14)25(32)34-13-20(30)29(4)19-10-6-5-9-18(19)23(31)26-12-17-8-7-11-33-17/h5-11H,12-13H2,1-4H3,(H,26,31). The van der Waals surface area contributed by atoms with Crippen molar-refractivity contribution in [3.05, 3.63) is 75.9 Å². The molecule has 180 valence electrons. The fourth-order valence-electron chi connectivity index (χ4n) is 3.73. The van der Waals surface area contributed by atoms with Gasteiger partial charge in [0.2, 0.25) is 0 Å². The molecule has 10 heteroatoms. The van der Waals surface area contributed by atoms with Gasteiger partial charge in [0.15, 0.2) is 6.61 Å². The lowest BCUT2D eigenvalue weighted by atomic mass is 10.1. The van der Waals surface area contributed by atoms with Crippen molar-refractivity contribution in [2.24, 2.45) is 0 Å². The second kappa shape index (κ2) is 10.1. The SMILES string of the molecule is Cc1nc(C)c2c(C)c(C(=O)OCC(=O)N(C)c3ccccc3C(=O)NCc3ccco3)sc2n1. The molecular weight excluding hydrogens is 468 g/mol. The highest BCUT2D eigenvalue weighted by Crippen LogP contribution is 2.31. The van der Waals surface area contributed by atoms with Gasteiger partial charge in [-0.05, 0) is 50.6 Å². The quantitative estimate of drug-likeness (QED) is 0.388. The fourth-order valence-corrected chi connectivity index (χ4v) is 4.90. The molecule has 0 aliphatic rings. The lowest BCUT2D eigenvalue weighted by Gasteiger charge is -2.20. The lowest BCUT2D eigenvalue weighted by Crippen LogP contribution is -2.33. The van der Waals surface area contributed by atoms with Gasteiger partial charge in [-0.15, -0.1) is 11.3 Å². The van der Waals surface area contributed by atoms with Crippen LogP contribution in [0.5, 0.6) is 0 Å². The summed E-state index contributed by atoms with van der Waals surface area (Å²) in [6, 6.07) is 10.2. The largest absolute Gasteiger partial charge is 0.467 e. The highest BCUT2D eigenvalue weighted by molar-refractivity contribution is 7.20. The number of esters is 1. The summed E-state index contributed by atoms with van der Waals surface area (Å²) >= 11 is 1.22. The molecule has 0 aliphatic carbocycles.